The van der Waals surface area contributed by atoms with Gasteiger partial charge in [0.1, 0.15) is 0 Å². The second-order valence-corrected chi connectivity index (χ2v) is 3.86. The van der Waals surface area contributed by atoms with Crippen LogP contribution in [0.1, 0.15) is 11.5 Å². The average Bonchev–Trinajstić information content (AvgIpc) is 2.58. The Labute approximate surface area is 97.8 Å². The predicted octanol–water partition coefficient (Wildman–Crippen LogP) is 1.57. The molecule has 1 N–H and O–H groups in total. The van der Waals surface area contributed by atoms with Crippen LogP contribution in [0.4, 0.5) is 13.2 Å². The lowest BCUT2D eigenvalue weighted by molar-refractivity contribution is -0.147. The topological polar surface area (TPSA) is 41.3 Å². The summed E-state index contributed by atoms with van der Waals surface area (Å²) in [4.78, 5) is 1.27. The fraction of sp³-hybridized carbons (Fsp3) is 0.700. The number of likely N-dealkylation sites (N-methyl/N-ethyl adjacent to an activating group) is 1. The molecule has 0 spiro atoms. The highest BCUT2D eigenvalue weighted by Crippen LogP contribution is 2.18. The molecule has 0 aliphatic heterocycles. The summed E-state index contributed by atoms with van der Waals surface area (Å²) >= 11 is 0. The molecule has 1 aromatic rings. The molecule has 1 aromatic heterocycles. The van der Waals surface area contributed by atoms with Crippen molar-refractivity contribution in [1.29, 1.82) is 0 Å². The molecule has 0 aromatic carbocycles. The lowest BCUT2D eigenvalue weighted by atomic mass is 10.3. The smallest absolute Gasteiger partial charge is 0.360 e. The lowest BCUT2D eigenvalue weighted by Gasteiger charge is -2.22. The first-order chi connectivity index (χ1) is 7.90. The maximum absolute atomic E-state index is 12.3. The lowest BCUT2D eigenvalue weighted by Crippen LogP contribution is -2.37. The summed E-state index contributed by atoms with van der Waals surface area (Å²) in [6, 6.07) is 1.64. The second-order valence-electron chi connectivity index (χ2n) is 3.86. The van der Waals surface area contributed by atoms with Crippen molar-refractivity contribution in [2.45, 2.75) is 19.6 Å². The molecule has 0 fully saturated rings. The number of alkyl halides is 3. The Balaban J connectivity index is 2.56. The van der Waals surface area contributed by atoms with E-state index in [0.717, 1.165) is 0 Å². The monoisotopic (exact) mass is 251 g/mol. The first kappa shape index (κ1) is 14.0. The summed E-state index contributed by atoms with van der Waals surface area (Å²) < 4.78 is 41.9. The van der Waals surface area contributed by atoms with Crippen molar-refractivity contribution in [3.63, 3.8) is 0 Å². The normalized spacial score (nSPS) is 12.4. The van der Waals surface area contributed by atoms with E-state index in [4.69, 9.17) is 4.52 Å². The Bertz CT molecular complexity index is 338. The van der Waals surface area contributed by atoms with E-state index in [2.05, 4.69) is 10.5 Å². The molecule has 0 amide bonds. The quantitative estimate of drug-likeness (QED) is 0.833. The third-order valence-corrected chi connectivity index (χ3v) is 2.14. The van der Waals surface area contributed by atoms with E-state index >= 15 is 0 Å². The summed E-state index contributed by atoms with van der Waals surface area (Å²) in [6.45, 7) is 1.68. The molecule has 0 aliphatic rings. The van der Waals surface area contributed by atoms with Crippen molar-refractivity contribution in [3.05, 3.63) is 17.5 Å². The van der Waals surface area contributed by atoms with E-state index in [-0.39, 0.29) is 6.54 Å². The zero-order chi connectivity index (χ0) is 12.9. The van der Waals surface area contributed by atoms with Gasteiger partial charge in [0.25, 0.3) is 0 Å². The molecular formula is C10H16F3N3O. The predicted molar refractivity (Wildman–Crippen MR) is 56.5 cm³/mol. The van der Waals surface area contributed by atoms with E-state index in [1.54, 1.807) is 20.0 Å². The highest BCUT2D eigenvalue weighted by molar-refractivity contribution is 5.02. The van der Waals surface area contributed by atoms with Crippen LogP contribution in [0.25, 0.3) is 0 Å². The van der Waals surface area contributed by atoms with E-state index in [1.807, 2.05) is 0 Å². The van der Waals surface area contributed by atoms with Crippen molar-refractivity contribution in [3.8, 4) is 0 Å². The highest BCUT2D eigenvalue weighted by atomic mass is 19.4. The molecule has 98 valence electrons. The molecule has 4 nitrogen and oxygen atoms in total. The van der Waals surface area contributed by atoms with Crippen molar-refractivity contribution >= 4 is 0 Å². The van der Waals surface area contributed by atoms with Crippen LogP contribution in [-0.2, 0) is 6.54 Å². The second kappa shape index (κ2) is 6.02. The fourth-order valence-electron chi connectivity index (χ4n) is 1.45. The molecule has 7 heteroatoms. The number of hydrogen-bond donors (Lipinski definition) is 1. The third kappa shape index (κ3) is 5.69. The van der Waals surface area contributed by atoms with Crippen LogP contribution >= 0.6 is 0 Å². The number of nitrogens with zero attached hydrogens (tertiary/aromatic N) is 2. The van der Waals surface area contributed by atoms with Gasteiger partial charge in [-0.2, -0.15) is 13.2 Å². The molecule has 17 heavy (non-hydrogen) atoms. The molecular weight excluding hydrogens is 235 g/mol. The summed E-state index contributed by atoms with van der Waals surface area (Å²) in [5, 5.41) is 6.47. The van der Waals surface area contributed by atoms with Gasteiger partial charge in [-0.3, -0.25) is 4.90 Å². The summed E-state index contributed by atoms with van der Waals surface area (Å²) in [7, 11) is 1.70. The van der Waals surface area contributed by atoms with Gasteiger partial charge in [0, 0.05) is 19.2 Å². The molecule has 0 saturated heterocycles. The third-order valence-electron chi connectivity index (χ3n) is 2.14. The fourth-order valence-corrected chi connectivity index (χ4v) is 1.45. The van der Waals surface area contributed by atoms with Gasteiger partial charge in [0.2, 0.25) is 0 Å². The number of aromatic nitrogens is 1. The van der Waals surface area contributed by atoms with Crippen LogP contribution in [0.2, 0.25) is 0 Å². The Morgan fingerprint density at radius 3 is 2.65 bits per heavy atom. The average molecular weight is 251 g/mol. The van der Waals surface area contributed by atoms with Crippen LogP contribution in [0.15, 0.2) is 10.6 Å². The molecule has 0 bridgehead atoms. The minimum Gasteiger partial charge on any atom is -0.360 e. The zero-order valence-electron chi connectivity index (χ0n) is 9.84. The van der Waals surface area contributed by atoms with E-state index in [1.165, 1.54) is 4.90 Å². The molecule has 1 rings (SSSR count). The van der Waals surface area contributed by atoms with Crippen molar-refractivity contribution in [2.75, 3.05) is 26.7 Å². The minimum absolute atomic E-state index is 0.113. The van der Waals surface area contributed by atoms with Crippen molar-refractivity contribution in [1.82, 2.24) is 15.4 Å². The largest absolute Gasteiger partial charge is 0.401 e. The first-order valence-electron chi connectivity index (χ1n) is 5.26. The Morgan fingerprint density at radius 1 is 1.47 bits per heavy atom. The number of nitrogens with one attached hydrogen (secondary N) is 1. The minimum atomic E-state index is -4.21. The van der Waals surface area contributed by atoms with Gasteiger partial charge < -0.3 is 9.84 Å². The molecule has 0 unspecified atom stereocenters. The highest BCUT2D eigenvalue weighted by Gasteiger charge is 2.30. The molecule has 0 atom stereocenters. The first-order valence-corrected chi connectivity index (χ1v) is 5.26. The summed E-state index contributed by atoms with van der Waals surface area (Å²) in [5.74, 6) is 0.447. The van der Waals surface area contributed by atoms with E-state index in [0.29, 0.717) is 24.5 Å². The van der Waals surface area contributed by atoms with Crippen molar-refractivity contribution < 1.29 is 17.7 Å². The molecule has 0 radical (unpaired) electrons. The van der Waals surface area contributed by atoms with Gasteiger partial charge in [0.15, 0.2) is 5.76 Å². The molecule has 0 saturated carbocycles. The number of rotatable bonds is 6. The molecule has 0 aliphatic carbocycles. The van der Waals surface area contributed by atoms with Gasteiger partial charge >= 0.3 is 6.18 Å². The standard InChI is InChI=1S/C10H16F3N3O/c1-8-5-9(17-15-8)6-16(4-3-14-2)7-10(11,12)13/h5,14H,3-4,6-7H2,1-2H3. The maximum atomic E-state index is 12.3. The SMILES string of the molecule is CNCCN(Cc1cc(C)no1)CC(F)(F)F. The van der Waals surface area contributed by atoms with Crippen LogP contribution in [0.3, 0.4) is 0 Å². The zero-order valence-corrected chi connectivity index (χ0v) is 9.84. The van der Waals surface area contributed by atoms with E-state index < -0.39 is 12.7 Å². The summed E-state index contributed by atoms with van der Waals surface area (Å²) in [6.07, 6.45) is -4.21. The Hall–Kier alpha value is -1.08. The Morgan fingerprint density at radius 2 is 2.18 bits per heavy atom. The van der Waals surface area contributed by atoms with Gasteiger partial charge in [-0.05, 0) is 14.0 Å². The van der Waals surface area contributed by atoms with E-state index in [9.17, 15) is 13.2 Å². The number of halogens is 3. The van der Waals surface area contributed by atoms with Gasteiger partial charge in [0.05, 0.1) is 18.8 Å². The van der Waals surface area contributed by atoms with Crippen LogP contribution in [0, 0.1) is 6.92 Å². The van der Waals surface area contributed by atoms with Crippen LogP contribution < -0.4 is 5.32 Å². The van der Waals surface area contributed by atoms with Crippen LogP contribution in [-0.4, -0.2) is 42.9 Å². The van der Waals surface area contributed by atoms with Crippen LogP contribution in [0.5, 0.6) is 0 Å². The van der Waals surface area contributed by atoms with Gasteiger partial charge in [-0.15, -0.1) is 0 Å². The Kier molecular flexibility index (Phi) is 4.95. The molecule has 1 heterocycles. The summed E-state index contributed by atoms with van der Waals surface area (Å²) in [5.41, 5.74) is 0.667. The van der Waals surface area contributed by atoms with Gasteiger partial charge in [-0.1, -0.05) is 5.16 Å². The maximum Gasteiger partial charge on any atom is 0.401 e. The van der Waals surface area contributed by atoms with Gasteiger partial charge in [-0.25, -0.2) is 0 Å². The van der Waals surface area contributed by atoms with Crippen molar-refractivity contribution in [2.24, 2.45) is 0 Å². The number of hydrogen-bond acceptors (Lipinski definition) is 4. The number of aryl methyl sites for hydroxylation is 1.